The van der Waals surface area contributed by atoms with E-state index >= 15 is 0 Å². The van der Waals surface area contributed by atoms with Gasteiger partial charge in [-0.1, -0.05) is 6.07 Å². The molecule has 0 saturated heterocycles. The van der Waals surface area contributed by atoms with Gasteiger partial charge in [-0.05, 0) is 24.3 Å². The maximum Gasteiger partial charge on any atom is 0.311 e. The zero-order valence-electron chi connectivity index (χ0n) is 14.2. The molecule has 0 aliphatic carbocycles. The van der Waals surface area contributed by atoms with Gasteiger partial charge in [-0.2, -0.15) is 5.10 Å². The predicted molar refractivity (Wildman–Crippen MR) is 96.7 cm³/mol. The second kappa shape index (κ2) is 8.94. The number of hydrogen-bond donors (Lipinski definition) is 3. The van der Waals surface area contributed by atoms with Crippen LogP contribution < -0.4 is 15.5 Å². The van der Waals surface area contributed by atoms with E-state index < -0.39 is 34.6 Å². The number of nitrogens with one attached hydrogen (secondary N) is 2. The van der Waals surface area contributed by atoms with Gasteiger partial charge in [0.15, 0.2) is 5.75 Å². The van der Waals surface area contributed by atoms with Crippen LogP contribution in [0.1, 0.15) is 12.0 Å². The molecule has 27 heavy (non-hydrogen) atoms. The van der Waals surface area contributed by atoms with Crippen LogP contribution >= 0.6 is 0 Å². The molecule has 2 amide bonds. The van der Waals surface area contributed by atoms with Crippen molar-refractivity contribution in [3.63, 3.8) is 0 Å². The first kappa shape index (κ1) is 19.4. The van der Waals surface area contributed by atoms with Gasteiger partial charge in [0.05, 0.1) is 18.2 Å². The number of benzene rings is 2. The van der Waals surface area contributed by atoms with Gasteiger partial charge in [0, 0.05) is 23.4 Å². The van der Waals surface area contributed by atoms with Crippen LogP contribution in [-0.4, -0.2) is 35.2 Å². The Bertz CT molecular complexity index is 897. The Kier molecular flexibility index (Phi) is 6.42. The highest BCUT2D eigenvalue weighted by Crippen LogP contribution is 2.25. The van der Waals surface area contributed by atoms with E-state index in [2.05, 4.69) is 15.8 Å². The zero-order chi connectivity index (χ0) is 19.8. The average molecular weight is 372 g/mol. The highest BCUT2D eigenvalue weighted by Gasteiger charge is 2.13. The van der Waals surface area contributed by atoms with Gasteiger partial charge >= 0.3 is 5.69 Å². The number of hydrogen-bond acceptors (Lipinski definition) is 7. The summed E-state index contributed by atoms with van der Waals surface area (Å²) >= 11 is 0. The number of anilines is 1. The van der Waals surface area contributed by atoms with Crippen molar-refractivity contribution in [1.82, 2.24) is 5.43 Å². The largest absolute Gasteiger partial charge is 0.502 e. The molecule has 0 aromatic heterocycles. The Morgan fingerprint density at radius 1 is 1.26 bits per heavy atom. The first-order valence-corrected chi connectivity index (χ1v) is 7.62. The maximum atomic E-state index is 11.8. The fourth-order valence-corrected chi connectivity index (χ4v) is 2.04. The summed E-state index contributed by atoms with van der Waals surface area (Å²) in [6, 6.07) is 10.3. The second-order valence-corrected chi connectivity index (χ2v) is 5.26. The van der Waals surface area contributed by atoms with Gasteiger partial charge < -0.3 is 15.2 Å². The predicted octanol–water partition coefficient (Wildman–Crippen LogP) is 1.79. The van der Waals surface area contributed by atoms with E-state index in [0.29, 0.717) is 17.0 Å². The molecule has 0 heterocycles. The van der Waals surface area contributed by atoms with Crippen LogP contribution in [0.2, 0.25) is 0 Å². The molecule has 10 heteroatoms. The van der Waals surface area contributed by atoms with Gasteiger partial charge in [-0.3, -0.25) is 19.7 Å². The Hall–Kier alpha value is -3.95. The molecular formula is C17H16N4O6. The van der Waals surface area contributed by atoms with E-state index in [0.717, 1.165) is 18.3 Å². The number of aromatic hydroxyl groups is 1. The molecule has 140 valence electrons. The van der Waals surface area contributed by atoms with Crippen LogP contribution in [0, 0.1) is 10.1 Å². The summed E-state index contributed by atoms with van der Waals surface area (Å²) in [6.45, 7) is 0. The molecule has 0 unspecified atom stereocenters. The number of rotatable bonds is 7. The lowest BCUT2D eigenvalue weighted by atomic mass is 10.2. The van der Waals surface area contributed by atoms with Crippen molar-refractivity contribution in [2.24, 2.45) is 5.10 Å². The Balaban J connectivity index is 1.88. The summed E-state index contributed by atoms with van der Waals surface area (Å²) in [6.07, 6.45) is 0.689. The van der Waals surface area contributed by atoms with Gasteiger partial charge in [-0.25, -0.2) is 5.43 Å². The summed E-state index contributed by atoms with van der Waals surface area (Å²) in [7, 11) is 1.50. The topological polar surface area (TPSA) is 143 Å². The highest BCUT2D eigenvalue weighted by atomic mass is 16.6. The molecule has 0 bridgehead atoms. The standard InChI is InChI=1S/C17H16N4O6/c1-27-13-4-2-3-12(8-13)19-16(23)9-17(24)20-18-10-11-5-6-15(22)14(7-11)21(25)26/h2-8,10,22H,9H2,1H3,(H,19,23)(H,20,24)/b18-10+. The van der Waals surface area contributed by atoms with Gasteiger partial charge in [0.1, 0.15) is 12.2 Å². The van der Waals surface area contributed by atoms with E-state index in [1.165, 1.54) is 13.2 Å². The summed E-state index contributed by atoms with van der Waals surface area (Å²) in [5.74, 6) is -1.13. The molecule has 0 atom stereocenters. The summed E-state index contributed by atoms with van der Waals surface area (Å²) in [4.78, 5) is 33.6. The van der Waals surface area contributed by atoms with Crippen molar-refractivity contribution in [2.45, 2.75) is 6.42 Å². The molecule has 2 rings (SSSR count). The van der Waals surface area contributed by atoms with Crippen LogP contribution in [0.4, 0.5) is 11.4 Å². The van der Waals surface area contributed by atoms with Crippen molar-refractivity contribution in [3.8, 4) is 11.5 Å². The number of phenolic OH excluding ortho intramolecular Hbond substituents is 1. The number of phenols is 1. The third-order valence-corrected chi connectivity index (χ3v) is 3.27. The molecule has 0 spiro atoms. The summed E-state index contributed by atoms with van der Waals surface area (Å²) < 4.78 is 5.04. The van der Waals surface area contributed by atoms with Crippen molar-refractivity contribution in [1.29, 1.82) is 0 Å². The number of carbonyl (C=O) groups is 2. The van der Waals surface area contributed by atoms with Crippen molar-refractivity contribution >= 4 is 29.4 Å². The first-order chi connectivity index (χ1) is 12.9. The number of carbonyl (C=O) groups excluding carboxylic acids is 2. The van der Waals surface area contributed by atoms with E-state index in [1.807, 2.05) is 0 Å². The van der Waals surface area contributed by atoms with Crippen LogP contribution in [0.3, 0.4) is 0 Å². The maximum absolute atomic E-state index is 11.8. The normalized spacial score (nSPS) is 10.4. The van der Waals surface area contributed by atoms with Gasteiger partial charge in [0.25, 0.3) is 0 Å². The highest BCUT2D eigenvalue weighted by molar-refractivity contribution is 6.03. The molecule has 0 saturated carbocycles. The molecule has 0 aliphatic rings. The van der Waals surface area contributed by atoms with E-state index in [9.17, 15) is 24.8 Å². The molecule has 10 nitrogen and oxygen atoms in total. The molecule has 0 fully saturated rings. The van der Waals surface area contributed by atoms with E-state index in [1.54, 1.807) is 24.3 Å². The number of hydrazone groups is 1. The van der Waals surface area contributed by atoms with Gasteiger partial charge in [-0.15, -0.1) is 0 Å². The minimum absolute atomic E-state index is 0.292. The molecular weight excluding hydrogens is 356 g/mol. The van der Waals surface area contributed by atoms with Gasteiger partial charge in [0.2, 0.25) is 11.8 Å². The number of nitro groups is 1. The van der Waals surface area contributed by atoms with Crippen LogP contribution in [0.15, 0.2) is 47.6 Å². The molecule has 3 N–H and O–H groups in total. The molecule has 0 aliphatic heterocycles. The monoisotopic (exact) mass is 372 g/mol. The quantitative estimate of drug-likeness (QED) is 0.293. The minimum atomic E-state index is -0.742. The van der Waals surface area contributed by atoms with E-state index in [-0.39, 0.29) is 0 Å². The smallest absolute Gasteiger partial charge is 0.311 e. The zero-order valence-corrected chi connectivity index (χ0v) is 14.2. The van der Waals surface area contributed by atoms with Crippen LogP contribution in [0.25, 0.3) is 0 Å². The van der Waals surface area contributed by atoms with Crippen molar-refractivity contribution in [2.75, 3.05) is 12.4 Å². The van der Waals surface area contributed by atoms with E-state index in [4.69, 9.17) is 4.74 Å². The van der Waals surface area contributed by atoms with Crippen LogP contribution in [-0.2, 0) is 9.59 Å². The number of nitro benzene ring substituents is 1. The average Bonchev–Trinajstić information content (AvgIpc) is 2.62. The SMILES string of the molecule is COc1cccc(NC(=O)CC(=O)N/N=C/c2ccc(O)c([N+](=O)[O-])c2)c1. The lowest BCUT2D eigenvalue weighted by molar-refractivity contribution is -0.385. The molecule has 2 aromatic rings. The number of nitrogens with zero attached hydrogens (tertiary/aromatic N) is 2. The van der Waals surface area contributed by atoms with Crippen LogP contribution in [0.5, 0.6) is 11.5 Å². The molecule has 2 aromatic carbocycles. The Morgan fingerprint density at radius 3 is 2.74 bits per heavy atom. The Labute approximate surface area is 153 Å². The second-order valence-electron chi connectivity index (χ2n) is 5.26. The third kappa shape index (κ3) is 5.81. The third-order valence-electron chi connectivity index (χ3n) is 3.27. The first-order valence-electron chi connectivity index (χ1n) is 7.62. The Morgan fingerprint density at radius 2 is 2.04 bits per heavy atom. The lowest BCUT2D eigenvalue weighted by Gasteiger charge is -2.06. The number of amides is 2. The number of methoxy groups -OCH3 is 1. The summed E-state index contributed by atoms with van der Waals surface area (Å²) in [5, 5.41) is 26.3. The fraction of sp³-hybridized carbons (Fsp3) is 0.118. The number of ether oxygens (including phenoxy) is 1. The minimum Gasteiger partial charge on any atom is -0.502 e. The van der Waals surface area contributed by atoms with Crippen molar-refractivity contribution < 1.29 is 24.4 Å². The summed E-state index contributed by atoms with van der Waals surface area (Å²) in [5.41, 5.74) is 2.43. The van der Waals surface area contributed by atoms with Crippen molar-refractivity contribution in [3.05, 3.63) is 58.1 Å². The molecule has 0 radical (unpaired) electrons. The fourth-order valence-electron chi connectivity index (χ4n) is 2.04. The lowest BCUT2D eigenvalue weighted by Crippen LogP contribution is -2.24.